The minimum Gasteiger partial charge on any atom is -0.494 e. The van der Waals surface area contributed by atoms with Crippen LogP contribution < -0.4 is 33.2 Å². The number of benzene rings is 10. The number of carbonyl (C=O) groups is 6. The summed E-state index contributed by atoms with van der Waals surface area (Å²) in [6.07, 6.45) is 17.0. The summed E-state index contributed by atoms with van der Waals surface area (Å²) in [6, 6.07) is 64.3. The molecule has 0 bridgehead atoms. The lowest BCUT2D eigenvalue weighted by Crippen LogP contribution is -2.24. The first kappa shape index (κ1) is 70.6. The molecule has 10 aromatic rings. The molecular weight excluding hydrogens is 1310 g/mol. The summed E-state index contributed by atoms with van der Waals surface area (Å²) in [6.45, 7) is 4.67. The third-order valence-corrected chi connectivity index (χ3v) is 19.9. The summed E-state index contributed by atoms with van der Waals surface area (Å²) in [5, 5.41) is 18.6. The zero-order chi connectivity index (χ0) is 72.2. The predicted molar refractivity (Wildman–Crippen MR) is 395 cm³/mol. The van der Waals surface area contributed by atoms with Crippen molar-refractivity contribution in [2.24, 2.45) is 0 Å². The highest BCUT2D eigenvalue weighted by atomic mass is 16.6. The first-order valence-electron chi connectivity index (χ1n) is 35.3. The number of aliphatic hydroxyl groups is 2. The van der Waals surface area contributed by atoms with Crippen LogP contribution in [0.1, 0.15) is 172 Å². The molecule has 10 aromatic carbocycles. The molecule has 0 saturated heterocycles. The number of hydrogen-bond acceptors (Lipinski definition) is 15. The van der Waals surface area contributed by atoms with E-state index in [1.807, 2.05) is 91.9 Å². The second kappa shape index (κ2) is 32.0. The first-order valence-corrected chi connectivity index (χ1v) is 35.3. The molecule has 0 fully saturated rings. The number of aryl methyl sites for hydroxylation is 5. The van der Waals surface area contributed by atoms with Gasteiger partial charge in [-0.25, -0.2) is 28.8 Å². The van der Waals surface area contributed by atoms with E-state index in [-0.39, 0.29) is 13.2 Å². The highest BCUT2D eigenvalue weighted by Gasteiger charge is 2.50. The molecule has 15 heteroatoms. The van der Waals surface area contributed by atoms with Crippen molar-refractivity contribution in [2.75, 3.05) is 6.61 Å². The molecule has 524 valence electrons. The van der Waals surface area contributed by atoms with Gasteiger partial charge in [-0.2, -0.15) is 0 Å². The minimum absolute atomic E-state index is 0.0436. The van der Waals surface area contributed by atoms with Crippen molar-refractivity contribution in [3.8, 4) is 40.2 Å². The van der Waals surface area contributed by atoms with Gasteiger partial charge < -0.3 is 43.4 Å². The molecule has 2 N–H and O–H groups in total. The van der Waals surface area contributed by atoms with Crippen molar-refractivity contribution in [1.29, 1.82) is 0 Å². The SMILES string of the molecule is CCCCCCOc1ccc(C(=O)Oc2ccc(C(=O)Oc3cccc4c3C3(CCc5cccc(OC(=O)/C=C/c6ccc(CO)cc6)c53)CC4)cc2)cc1.Cc1ccc(C(=O)Oc2ccc(C(=O)Oc3cccc4c3C3(CCc5cccc(OC(=O)/C=C/c6ccc(CO)cc6)c53)CC4)cc2)cc1. The van der Waals surface area contributed by atoms with Gasteiger partial charge in [-0.3, -0.25) is 0 Å². The summed E-state index contributed by atoms with van der Waals surface area (Å²) >= 11 is 0. The number of fused-ring (bicyclic) bond motifs is 8. The van der Waals surface area contributed by atoms with Gasteiger partial charge >= 0.3 is 35.8 Å². The molecule has 2 atom stereocenters. The molecular formula is C89H78O15. The Morgan fingerprint density at radius 1 is 0.365 bits per heavy atom. The molecule has 0 heterocycles. The number of hydrogen-bond donors (Lipinski definition) is 2. The fourth-order valence-corrected chi connectivity index (χ4v) is 14.7. The highest BCUT2D eigenvalue weighted by Crippen LogP contribution is 2.59. The minimum atomic E-state index is -0.534. The van der Waals surface area contributed by atoms with Gasteiger partial charge in [0.1, 0.15) is 40.2 Å². The fraction of sp³-hybridized carbons (Fsp3) is 0.213. The van der Waals surface area contributed by atoms with E-state index in [2.05, 4.69) is 31.2 Å². The van der Waals surface area contributed by atoms with Crippen molar-refractivity contribution in [1.82, 2.24) is 0 Å². The molecule has 104 heavy (non-hydrogen) atoms. The Labute approximate surface area is 603 Å². The van der Waals surface area contributed by atoms with Crippen LogP contribution in [0.15, 0.2) is 231 Å². The maximum atomic E-state index is 13.6. The smallest absolute Gasteiger partial charge is 0.343 e. The van der Waals surface area contributed by atoms with Crippen LogP contribution in [0.5, 0.6) is 40.2 Å². The lowest BCUT2D eigenvalue weighted by atomic mass is 9.76. The molecule has 15 nitrogen and oxygen atoms in total. The van der Waals surface area contributed by atoms with E-state index in [0.717, 1.165) is 137 Å². The van der Waals surface area contributed by atoms with Crippen LogP contribution in [0.3, 0.4) is 0 Å². The average Bonchev–Trinajstić information content (AvgIpc) is 1.56. The zero-order valence-electron chi connectivity index (χ0n) is 57.9. The van der Waals surface area contributed by atoms with Crippen LogP contribution in [-0.2, 0) is 59.3 Å². The Bertz CT molecular complexity index is 4870. The molecule has 4 aliphatic rings. The van der Waals surface area contributed by atoms with Crippen molar-refractivity contribution in [3.05, 3.63) is 325 Å². The number of carbonyl (C=O) groups excluding carboxylic acids is 6. The Morgan fingerprint density at radius 3 is 1.04 bits per heavy atom. The van der Waals surface area contributed by atoms with Crippen LogP contribution in [0.2, 0.25) is 0 Å². The van der Waals surface area contributed by atoms with Gasteiger partial charge in [0.2, 0.25) is 0 Å². The topological polar surface area (TPSA) is 207 Å². The molecule has 0 radical (unpaired) electrons. The molecule has 2 unspecified atom stereocenters. The Kier molecular flexibility index (Phi) is 21.8. The van der Waals surface area contributed by atoms with Gasteiger partial charge in [0.15, 0.2) is 0 Å². The summed E-state index contributed by atoms with van der Waals surface area (Å²) in [5.41, 5.74) is 13.0. The Morgan fingerprint density at radius 2 is 0.692 bits per heavy atom. The molecule has 4 aliphatic carbocycles. The van der Waals surface area contributed by atoms with E-state index in [0.29, 0.717) is 69.1 Å². The van der Waals surface area contributed by atoms with E-state index in [4.69, 9.17) is 33.2 Å². The second-order valence-corrected chi connectivity index (χ2v) is 26.5. The highest BCUT2D eigenvalue weighted by molar-refractivity contribution is 5.95. The maximum Gasteiger partial charge on any atom is 0.343 e. The number of unbranched alkanes of at least 4 members (excludes halogenated alkanes) is 3. The first-order chi connectivity index (χ1) is 50.7. The molecule has 0 amide bonds. The van der Waals surface area contributed by atoms with Gasteiger partial charge in [-0.05, 0) is 231 Å². The lowest BCUT2D eigenvalue weighted by Gasteiger charge is -2.29. The zero-order valence-corrected chi connectivity index (χ0v) is 57.9. The van der Waals surface area contributed by atoms with Crippen molar-refractivity contribution >= 4 is 48.0 Å². The van der Waals surface area contributed by atoms with Crippen LogP contribution in [-0.4, -0.2) is 52.6 Å². The normalized spacial score (nSPS) is 15.7. The number of ether oxygens (including phenoxy) is 7. The largest absolute Gasteiger partial charge is 0.494 e. The molecule has 0 aliphatic heterocycles. The molecule has 0 saturated carbocycles. The standard InChI is InChI=1S/C47H44O8.C42H34O7/c1-2-3-4-5-30-52-38-21-17-36(18-22-38)45(50)53-39-23-19-37(20-24-39)46(51)55-41-11-7-9-35-27-29-47(44(35)41)28-26-34-8-6-10-40(43(34)47)54-42(49)25-16-32-12-14-33(31-48)15-13-32;1-27-8-15-32(16-9-27)40(45)47-34-19-17-33(18-20-34)41(46)49-36-7-3-5-31-23-25-42(39(31)36)24-22-30-4-2-6-35(38(30)42)48-37(44)21-14-28-10-12-29(26-43)13-11-28/h6-25,48H,2-5,26-31H2,1H3;2-21,43H,22-26H2,1H3/b25-16+;21-14+. The van der Waals surface area contributed by atoms with E-state index < -0.39 is 46.6 Å². The van der Waals surface area contributed by atoms with E-state index in [9.17, 15) is 39.0 Å². The molecule has 0 aromatic heterocycles. The lowest BCUT2D eigenvalue weighted by molar-refractivity contribution is -0.129. The van der Waals surface area contributed by atoms with Crippen LogP contribution in [0.4, 0.5) is 0 Å². The summed E-state index contributed by atoms with van der Waals surface area (Å²) in [5.74, 6) is 0.252. The van der Waals surface area contributed by atoms with Crippen LogP contribution in [0, 0.1) is 6.92 Å². The van der Waals surface area contributed by atoms with E-state index >= 15 is 0 Å². The summed E-state index contributed by atoms with van der Waals surface area (Å²) < 4.78 is 41.0. The van der Waals surface area contributed by atoms with Gasteiger partial charge in [-0.1, -0.05) is 141 Å². The van der Waals surface area contributed by atoms with Crippen molar-refractivity contribution < 1.29 is 72.1 Å². The van der Waals surface area contributed by atoms with Crippen LogP contribution >= 0.6 is 0 Å². The number of esters is 6. The summed E-state index contributed by atoms with van der Waals surface area (Å²) in [7, 11) is 0. The third-order valence-electron chi connectivity index (χ3n) is 19.9. The quantitative estimate of drug-likeness (QED) is 0.0280. The van der Waals surface area contributed by atoms with Gasteiger partial charge in [0.05, 0.1) is 42.1 Å². The summed E-state index contributed by atoms with van der Waals surface area (Å²) in [4.78, 5) is 78.6. The Balaban J connectivity index is 0.000000186. The average molecular weight is 1390 g/mol. The predicted octanol–water partition coefficient (Wildman–Crippen LogP) is 17.1. The number of aliphatic hydroxyl groups excluding tert-OH is 2. The monoisotopic (exact) mass is 1390 g/mol. The van der Waals surface area contributed by atoms with E-state index in [1.54, 1.807) is 121 Å². The second-order valence-electron chi connectivity index (χ2n) is 26.5. The maximum absolute atomic E-state index is 13.6. The van der Waals surface area contributed by atoms with Gasteiger partial charge in [0.25, 0.3) is 0 Å². The van der Waals surface area contributed by atoms with Crippen molar-refractivity contribution in [3.63, 3.8) is 0 Å². The fourth-order valence-electron chi connectivity index (χ4n) is 14.7. The molecule has 2 spiro atoms. The third kappa shape index (κ3) is 15.8. The van der Waals surface area contributed by atoms with Crippen LogP contribution in [0.25, 0.3) is 12.2 Å². The Hall–Kier alpha value is -11.8. The molecule has 14 rings (SSSR count). The van der Waals surface area contributed by atoms with Crippen molar-refractivity contribution in [2.45, 2.75) is 115 Å². The van der Waals surface area contributed by atoms with Gasteiger partial charge in [-0.15, -0.1) is 0 Å². The number of rotatable bonds is 22. The van der Waals surface area contributed by atoms with E-state index in [1.165, 1.54) is 25.0 Å². The van der Waals surface area contributed by atoms with Gasteiger partial charge in [0, 0.05) is 45.2 Å².